The lowest BCUT2D eigenvalue weighted by molar-refractivity contribution is 0.657. The second-order valence-electron chi connectivity index (χ2n) is 11.6. The van der Waals surface area contributed by atoms with E-state index < -0.39 is 0 Å². The highest BCUT2D eigenvalue weighted by atomic mass is 16.3. The number of para-hydroxylation sites is 1. The standard InChI is InChI=1S/C38H29NO/c1-38(2)32-19-26(17-18-28(32)30-23-37-31(22-33(30)38)29-15-9-10-16-36(29)40-37)35-21-27(24-11-5-3-6-12-24)20-34(39-35)25-13-7-4-8-14-25/h3-20,22-23,27H,21H2,1-2H3. The Kier molecular flexibility index (Phi) is 5.03. The molecule has 2 heterocycles. The Morgan fingerprint density at radius 3 is 2.20 bits per heavy atom. The number of hydrogen-bond acceptors (Lipinski definition) is 2. The number of hydrogen-bond donors (Lipinski definition) is 0. The lowest BCUT2D eigenvalue weighted by Crippen LogP contribution is -2.17. The maximum absolute atomic E-state index is 6.26. The van der Waals surface area contributed by atoms with Crippen molar-refractivity contribution >= 4 is 33.3 Å². The number of aliphatic imine (C=N–C) groups is 1. The molecule has 2 heteroatoms. The second-order valence-corrected chi connectivity index (χ2v) is 11.6. The molecule has 1 aromatic heterocycles. The summed E-state index contributed by atoms with van der Waals surface area (Å²) in [6, 6.07) is 41.3. The molecule has 8 rings (SSSR count). The molecule has 1 aliphatic carbocycles. The molecule has 2 aliphatic rings. The van der Waals surface area contributed by atoms with Crippen LogP contribution in [0.1, 0.15) is 54.0 Å². The van der Waals surface area contributed by atoms with Crippen molar-refractivity contribution in [3.8, 4) is 11.1 Å². The first-order valence-corrected chi connectivity index (χ1v) is 14.1. The van der Waals surface area contributed by atoms with E-state index in [0.717, 1.165) is 34.6 Å². The van der Waals surface area contributed by atoms with Crippen LogP contribution in [0.15, 0.2) is 131 Å². The van der Waals surface area contributed by atoms with Crippen molar-refractivity contribution in [2.45, 2.75) is 31.6 Å². The topological polar surface area (TPSA) is 25.5 Å². The Labute approximate surface area is 234 Å². The van der Waals surface area contributed by atoms with Gasteiger partial charge in [0.25, 0.3) is 0 Å². The van der Waals surface area contributed by atoms with Gasteiger partial charge in [-0.15, -0.1) is 0 Å². The summed E-state index contributed by atoms with van der Waals surface area (Å²) in [4.78, 5) is 5.25. The molecule has 2 nitrogen and oxygen atoms in total. The zero-order valence-corrected chi connectivity index (χ0v) is 22.7. The molecule has 1 unspecified atom stereocenters. The van der Waals surface area contributed by atoms with Crippen molar-refractivity contribution in [3.63, 3.8) is 0 Å². The quantitative estimate of drug-likeness (QED) is 0.230. The third-order valence-electron chi connectivity index (χ3n) is 8.83. The minimum Gasteiger partial charge on any atom is -0.456 e. The summed E-state index contributed by atoms with van der Waals surface area (Å²) in [7, 11) is 0. The highest BCUT2D eigenvalue weighted by Gasteiger charge is 2.37. The van der Waals surface area contributed by atoms with Crippen LogP contribution in [-0.4, -0.2) is 5.71 Å². The number of rotatable bonds is 3. The number of fused-ring (bicyclic) bond motifs is 6. The Morgan fingerprint density at radius 1 is 0.650 bits per heavy atom. The minimum atomic E-state index is -0.126. The summed E-state index contributed by atoms with van der Waals surface area (Å²) in [5.41, 5.74) is 12.9. The first-order chi connectivity index (χ1) is 19.6. The molecule has 0 radical (unpaired) electrons. The molecule has 6 aromatic rings. The van der Waals surface area contributed by atoms with Crippen LogP contribution in [0, 0.1) is 0 Å². The molecule has 0 N–H and O–H groups in total. The van der Waals surface area contributed by atoms with E-state index in [-0.39, 0.29) is 11.3 Å². The highest BCUT2D eigenvalue weighted by molar-refractivity contribution is 6.09. The van der Waals surface area contributed by atoms with Crippen molar-refractivity contribution in [1.82, 2.24) is 0 Å². The van der Waals surface area contributed by atoms with Gasteiger partial charge in [0.2, 0.25) is 0 Å². The normalized spacial score (nSPS) is 17.4. The van der Waals surface area contributed by atoms with Crippen LogP contribution >= 0.6 is 0 Å². The number of allylic oxidation sites excluding steroid dienone is 1. The molecule has 0 saturated carbocycles. The molecule has 40 heavy (non-hydrogen) atoms. The highest BCUT2D eigenvalue weighted by Crippen LogP contribution is 2.51. The van der Waals surface area contributed by atoms with Gasteiger partial charge in [-0.2, -0.15) is 0 Å². The SMILES string of the molecule is CC1(C)c2cc(C3=NC(c4ccccc4)=CC(c4ccccc4)C3)ccc2-c2cc3oc4ccccc4c3cc21. The van der Waals surface area contributed by atoms with E-state index in [1.54, 1.807) is 0 Å². The van der Waals surface area contributed by atoms with Gasteiger partial charge in [-0.25, -0.2) is 0 Å². The Balaban J connectivity index is 1.25. The van der Waals surface area contributed by atoms with Crippen LogP contribution in [0.25, 0.3) is 38.8 Å². The Morgan fingerprint density at radius 2 is 1.38 bits per heavy atom. The van der Waals surface area contributed by atoms with E-state index in [1.807, 2.05) is 6.07 Å². The van der Waals surface area contributed by atoms with Crippen LogP contribution in [0.3, 0.4) is 0 Å². The monoisotopic (exact) mass is 515 g/mol. The van der Waals surface area contributed by atoms with Crippen LogP contribution in [0.5, 0.6) is 0 Å². The summed E-state index contributed by atoms with van der Waals surface area (Å²) >= 11 is 0. The predicted octanol–water partition coefficient (Wildman–Crippen LogP) is 9.91. The van der Waals surface area contributed by atoms with E-state index in [2.05, 4.69) is 129 Å². The average molecular weight is 516 g/mol. The molecule has 0 saturated heterocycles. The molecular formula is C38H29NO. The largest absolute Gasteiger partial charge is 0.456 e. The van der Waals surface area contributed by atoms with Gasteiger partial charge in [0.05, 0.1) is 5.70 Å². The molecule has 0 bridgehead atoms. The maximum atomic E-state index is 6.26. The third-order valence-corrected chi connectivity index (χ3v) is 8.83. The number of furan rings is 1. The molecular weight excluding hydrogens is 486 g/mol. The minimum absolute atomic E-state index is 0.126. The van der Waals surface area contributed by atoms with Crippen molar-refractivity contribution in [2.24, 2.45) is 4.99 Å². The summed E-state index contributed by atoms with van der Waals surface area (Å²) in [5.74, 6) is 0.280. The molecule has 0 amide bonds. The van der Waals surface area contributed by atoms with Crippen molar-refractivity contribution in [1.29, 1.82) is 0 Å². The fourth-order valence-electron chi connectivity index (χ4n) is 6.68. The lowest BCUT2D eigenvalue weighted by atomic mass is 9.80. The van der Waals surface area contributed by atoms with Gasteiger partial charge in [-0.05, 0) is 63.2 Å². The second kappa shape index (κ2) is 8.66. The lowest BCUT2D eigenvalue weighted by Gasteiger charge is -2.24. The molecule has 192 valence electrons. The zero-order valence-electron chi connectivity index (χ0n) is 22.7. The van der Waals surface area contributed by atoms with E-state index in [0.29, 0.717) is 0 Å². The predicted molar refractivity (Wildman–Crippen MR) is 166 cm³/mol. The van der Waals surface area contributed by atoms with Gasteiger partial charge >= 0.3 is 0 Å². The smallest absolute Gasteiger partial charge is 0.136 e. The van der Waals surface area contributed by atoms with Gasteiger partial charge in [0.15, 0.2) is 0 Å². The van der Waals surface area contributed by atoms with E-state index >= 15 is 0 Å². The average Bonchev–Trinajstić information content (AvgIpc) is 3.48. The van der Waals surface area contributed by atoms with Gasteiger partial charge in [-0.1, -0.05) is 111 Å². The zero-order chi connectivity index (χ0) is 26.8. The summed E-state index contributed by atoms with van der Waals surface area (Å²) in [5, 5.41) is 2.37. The molecule has 0 spiro atoms. The Bertz CT molecular complexity index is 1990. The van der Waals surface area contributed by atoms with Crippen LogP contribution in [-0.2, 0) is 5.41 Å². The Hall–Kier alpha value is -4.69. The molecule has 1 aliphatic heterocycles. The number of benzene rings is 5. The fraction of sp³-hybridized carbons (Fsp3) is 0.132. The number of nitrogens with zero attached hydrogens (tertiary/aromatic N) is 1. The summed E-state index contributed by atoms with van der Waals surface area (Å²) < 4.78 is 6.26. The summed E-state index contributed by atoms with van der Waals surface area (Å²) in [6.07, 6.45) is 3.21. The molecule has 5 aromatic carbocycles. The molecule has 0 fully saturated rings. The van der Waals surface area contributed by atoms with E-state index in [1.165, 1.54) is 44.2 Å². The van der Waals surface area contributed by atoms with E-state index in [9.17, 15) is 0 Å². The van der Waals surface area contributed by atoms with E-state index in [4.69, 9.17) is 9.41 Å². The summed E-state index contributed by atoms with van der Waals surface area (Å²) in [6.45, 7) is 4.70. The van der Waals surface area contributed by atoms with Crippen LogP contribution < -0.4 is 0 Å². The fourth-order valence-corrected chi connectivity index (χ4v) is 6.68. The molecule has 1 atom stereocenters. The van der Waals surface area contributed by atoms with Crippen molar-refractivity contribution in [3.05, 3.63) is 149 Å². The van der Waals surface area contributed by atoms with Gasteiger partial charge < -0.3 is 4.42 Å². The van der Waals surface area contributed by atoms with Crippen LogP contribution in [0.4, 0.5) is 0 Å². The first kappa shape index (κ1) is 23.2. The first-order valence-electron chi connectivity index (χ1n) is 14.1. The van der Waals surface area contributed by atoms with Gasteiger partial charge in [0.1, 0.15) is 11.2 Å². The maximum Gasteiger partial charge on any atom is 0.136 e. The van der Waals surface area contributed by atoms with Gasteiger partial charge in [-0.3, -0.25) is 4.99 Å². The third kappa shape index (κ3) is 3.53. The van der Waals surface area contributed by atoms with Crippen molar-refractivity contribution < 1.29 is 4.42 Å². The van der Waals surface area contributed by atoms with Crippen LogP contribution in [0.2, 0.25) is 0 Å². The van der Waals surface area contributed by atoms with Crippen molar-refractivity contribution in [2.75, 3.05) is 0 Å². The van der Waals surface area contributed by atoms with Gasteiger partial charge in [0, 0.05) is 34.2 Å².